The molecule has 2 aromatic carbocycles. The van der Waals surface area contributed by atoms with E-state index in [1.54, 1.807) is 30.3 Å². The minimum Gasteiger partial charge on any atom is -0.478 e. The van der Waals surface area contributed by atoms with Gasteiger partial charge in [-0.2, -0.15) is 0 Å². The molecule has 5 heteroatoms. The van der Waals surface area contributed by atoms with Gasteiger partial charge < -0.3 is 9.84 Å². The maximum absolute atomic E-state index is 11.8. The number of benzene rings is 2. The van der Waals surface area contributed by atoms with Gasteiger partial charge in [0, 0.05) is 0 Å². The molecule has 2 aromatic rings. The number of esters is 1. The lowest BCUT2D eigenvalue weighted by molar-refractivity contribution is 0.0688. The first-order valence-corrected chi connectivity index (χ1v) is 5.76. The average molecular weight is 277 g/mol. The average Bonchev–Trinajstić information content (AvgIpc) is 2.41. The van der Waals surface area contributed by atoms with Gasteiger partial charge in [0.25, 0.3) is 0 Å². The van der Waals surface area contributed by atoms with E-state index < -0.39 is 11.9 Å². The Bertz CT molecular complexity index is 623. The van der Waals surface area contributed by atoms with Crippen LogP contribution in [-0.4, -0.2) is 17.0 Å². The summed E-state index contributed by atoms with van der Waals surface area (Å²) in [6, 6.07) is 12.6. The molecule has 4 nitrogen and oxygen atoms in total. The van der Waals surface area contributed by atoms with Crippen LogP contribution >= 0.6 is 11.6 Å². The van der Waals surface area contributed by atoms with E-state index in [0.717, 1.165) is 0 Å². The first-order valence-electron chi connectivity index (χ1n) is 5.38. The van der Waals surface area contributed by atoms with Crippen molar-refractivity contribution in [2.24, 2.45) is 0 Å². The van der Waals surface area contributed by atoms with Crippen molar-refractivity contribution < 1.29 is 19.4 Å². The number of carbonyl (C=O) groups is 2. The zero-order valence-electron chi connectivity index (χ0n) is 9.67. The minimum atomic E-state index is -1.18. The predicted molar refractivity (Wildman–Crippen MR) is 69.8 cm³/mol. The molecule has 0 aliphatic rings. The third-order valence-electron chi connectivity index (χ3n) is 2.41. The molecule has 0 radical (unpaired) electrons. The van der Waals surface area contributed by atoms with Gasteiger partial charge in [-0.05, 0) is 24.3 Å². The fraction of sp³-hybridized carbons (Fsp3) is 0. The molecule has 1 N–H and O–H groups in total. The van der Waals surface area contributed by atoms with Crippen LogP contribution in [0, 0.1) is 0 Å². The zero-order valence-corrected chi connectivity index (χ0v) is 10.4. The summed E-state index contributed by atoms with van der Waals surface area (Å²) in [4.78, 5) is 22.7. The van der Waals surface area contributed by atoms with Crippen LogP contribution in [0.15, 0.2) is 48.5 Å². The van der Waals surface area contributed by atoms with Gasteiger partial charge >= 0.3 is 11.9 Å². The Hall–Kier alpha value is -2.33. The third-order valence-corrected chi connectivity index (χ3v) is 2.80. The van der Waals surface area contributed by atoms with E-state index >= 15 is 0 Å². The van der Waals surface area contributed by atoms with E-state index in [1.807, 2.05) is 0 Å². The summed E-state index contributed by atoms with van der Waals surface area (Å²) in [5, 5.41) is 8.82. The van der Waals surface area contributed by atoms with Crippen LogP contribution in [0.2, 0.25) is 5.02 Å². The van der Waals surface area contributed by atoms with Crippen molar-refractivity contribution in [1.29, 1.82) is 0 Å². The fourth-order valence-corrected chi connectivity index (χ4v) is 1.73. The quantitative estimate of drug-likeness (QED) is 0.690. The Morgan fingerprint density at radius 2 is 1.68 bits per heavy atom. The van der Waals surface area contributed by atoms with Crippen molar-refractivity contribution in [2.75, 3.05) is 0 Å². The van der Waals surface area contributed by atoms with Gasteiger partial charge in [-0.25, -0.2) is 9.59 Å². The monoisotopic (exact) mass is 276 g/mol. The van der Waals surface area contributed by atoms with Crippen molar-refractivity contribution in [3.8, 4) is 5.75 Å². The lowest BCUT2D eigenvalue weighted by atomic mass is 10.2. The molecule has 2 rings (SSSR count). The summed E-state index contributed by atoms with van der Waals surface area (Å²) in [5.74, 6) is -1.75. The van der Waals surface area contributed by atoms with Crippen LogP contribution in [0.25, 0.3) is 0 Å². The molecule has 0 aliphatic heterocycles. The second kappa shape index (κ2) is 5.54. The summed E-state index contributed by atoms with van der Waals surface area (Å²) in [5.41, 5.74) is 0.249. The molecule has 0 aliphatic carbocycles. The number of aromatic carboxylic acids is 1. The first kappa shape index (κ1) is 13.1. The van der Waals surface area contributed by atoms with Crippen molar-refractivity contribution >= 4 is 23.5 Å². The van der Waals surface area contributed by atoms with E-state index in [2.05, 4.69) is 0 Å². The number of carboxylic acids is 1. The molecule has 0 heterocycles. The second-order valence-electron chi connectivity index (χ2n) is 3.68. The largest absolute Gasteiger partial charge is 0.478 e. The number of ether oxygens (including phenoxy) is 1. The Morgan fingerprint density at radius 3 is 2.32 bits per heavy atom. The highest BCUT2D eigenvalue weighted by atomic mass is 35.5. The van der Waals surface area contributed by atoms with Crippen LogP contribution in [0.5, 0.6) is 5.75 Å². The van der Waals surface area contributed by atoms with E-state index in [1.165, 1.54) is 18.2 Å². The van der Waals surface area contributed by atoms with Crippen molar-refractivity contribution in [3.05, 3.63) is 64.7 Å². The van der Waals surface area contributed by atoms with Gasteiger partial charge in [-0.3, -0.25) is 0 Å². The van der Waals surface area contributed by atoms with Gasteiger partial charge in [0.1, 0.15) is 0 Å². The van der Waals surface area contributed by atoms with Gasteiger partial charge in [0.2, 0.25) is 0 Å². The molecule has 0 saturated heterocycles. The molecule has 0 atom stereocenters. The van der Waals surface area contributed by atoms with Crippen LogP contribution in [0.3, 0.4) is 0 Å². The number of carboxylic acid groups (broad SMARTS) is 1. The van der Waals surface area contributed by atoms with Crippen LogP contribution in [-0.2, 0) is 0 Å². The zero-order chi connectivity index (χ0) is 13.8. The Morgan fingerprint density at radius 1 is 1.00 bits per heavy atom. The van der Waals surface area contributed by atoms with Gasteiger partial charge in [0.15, 0.2) is 5.75 Å². The number of rotatable bonds is 3. The molecule has 0 amide bonds. The number of hydrogen-bond acceptors (Lipinski definition) is 3. The van der Waals surface area contributed by atoms with Crippen LogP contribution in [0.1, 0.15) is 20.7 Å². The Balaban J connectivity index is 2.27. The van der Waals surface area contributed by atoms with Gasteiger partial charge in [0.05, 0.1) is 16.1 Å². The highest BCUT2D eigenvalue weighted by Gasteiger charge is 2.16. The Labute approximate surface area is 114 Å². The summed E-state index contributed by atoms with van der Waals surface area (Å²) in [7, 11) is 0. The van der Waals surface area contributed by atoms with Gasteiger partial charge in [-0.1, -0.05) is 35.9 Å². The van der Waals surface area contributed by atoms with Crippen LogP contribution < -0.4 is 4.74 Å². The third kappa shape index (κ3) is 2.92. The number of halogens is 1. The standard InChI is InChI=1S/C14H9ClO4/c15-12-10(13(16)17)7-4-8-11(12)19-14(18)9-5-2-1-3-6-9/h1-8H,(H,16,17). The lowest BCUT2D eigenvalue weighted by Crippen LogP contribution is -2.09. The van der Waals surface area contributed by atoms with Crippen molar-refractivity contribution in [3.63, 3.8) is 0 Å². The second-order valence-corrected chi connectivity index (χ2v) is 4.06. The summed E-state index contributed by atoms with van der Waals surface area (Å²) >= 11 is 5.88. The Kier molecular flexibility index (Phi) is 3.82. The fourth-order valence-electron chi connectivity index (χ4n) is 1.49. The summed E-state index contributed by atoms with van der Waals surface area (Å²) < 4.78 is 5.09. The number of carbonyl (C=O) groups excluding carboxylic acids is 1. The number of hydrogen-bond donors (Lipinski definition) is 1. The molecule has 0 unspecified atom stereocenters. The van der Waals surface area contributed by atoms with Crippen LogP contribution in [0.4, 0.5) is 0 Å². The SMILES string of the molecule is O=C(Oc1cccc(C(=O)O)c1Cl)c1ccccc1. The van der Waals surface area contributed by atoms with Crippen molar-refractivity contribution in [1.82, 2.24) is 0 Å². The van der Waals surface area contributed by atoms with Gasteiger partial charge in [-0.15, -0.1) is 0 Å². The highest BCUT2D eigenvalue weighted by Crippen LogP contribution is 2.28. The molecule has 0 saturated carbocycles. The molecule has 0 aromatic heterocycles. The van der Waals surface area contributed by atoms with E-state index in [4.69, 9.17) is 21.4 Å². The molecule has 96 valence electrons. The molecule has 19 heavy (non-hydrogen) atoms. The molecule has 0 bridgehead atoms. The smallest absolute Gasteiger partial charge is 0.343 e. The maximum Gasteiger partial charge on any atom is 0.343 e. The molecular formula is C14H9ClO4. The predicted octanol–water partition coefficient (Wildman–Crippen LogP) is 3.26. The summed E-state index contributed by atoms with van der Waals surface area (Å²) in [6.45, 7) is 0. The normalized spacial score (nSPS) is 9.95. The minimum absolute atomic E-state index is 0.0235. The maximum atomic E-state index is 11.8. The highest BCUT2D eigenvalue weighted by molar-refractivity contribution is 6.35. The molecular weight excluding hydrogens is 268 g/mol. The molecule has 0 spiro atoms. The summed E-state index contributed by atoms with van der Waals surface area (Å²) in [6.07, 6.45) is 0. The first-order chi connectivity index (χ1) is 9.09. The lowest BCUT2D eigenvalue weighted by Gasteiger charge is -2.07. The van der Waals surface area contributed by atoms with Crippen molar-refractivity contribution in [2.45, 2.75) is 0 Å². The van der Waals surface area contributed by atoms with E-state index in [9.17, 15) is 9.59 Å². The topological polar surface area (TPSA) is 63.6 Å². The van der Waals surface area contributed by atoms with E-state index in [-0.39, 0.29) is 16.3 Å². The van der Waals surface area contributed by atoms with E-state index in [0.29, 0.717) is 5.56 Å². The molecule has 0 fully saturated rings.